The van der Waals surface area contributed by atoms with Gasteiger partial charge in [-0.3, -0.25) is 0 Å². The third-order valence-electron chi connectivity index (χ3n) is 6.44. The van der Waals surface area contributed by atoms with Crippen molar-refractivity contribution in [2.45, 2.75) is 148 Å². The molecule has 0 fully saturated rings. The Kier molecular flexibility index (Phi) is 18.4. The fourth-order valence-corrected chi connectivity index (χ4v) is 4.48. The first-order valence-electron chi connectivity index (χ1n) is 13.3. The summed E-state index contributed by atoms with van der Waals surface area (Å²) in [7, 11) is 0. The van der Waals surface area contributed by atoms with Gasteiger partial charge in [-0.2, -0.15) is 0 Å². The van der Waals surface area contributed by atoms with Crippen LogP contribution in [0.5, 0.6) is 0 Å². The zero-order valence-electron chi connectivity index (χ0n) is 20.1. The van der Waals surface area contributed by atoms with Gasteiger partial charge < -0.3 is 0 Å². The summed E-state index contributed by atoms with van der Waals surface area (Å²) >= 11 is 0. The lowest BCUT2D eigenvalue weighted by Gasteiger charge is -2.12. The van der Waals surface area contributed by atoms with Crippen molar-refractivity contribution in [3.05, 3.63) is 30.6 Å². The summed E-state index contributed by atoms with van der Waals surface area (Å²) in [5, 5.41) is 0. The van der Waals surface area contributed by atoms with Gasteiger partial charge in [-0.05, 0) is 12.8 Å². The first kappa shape index (κ1) is 26.2. The van der Waals surface area contributed by atoms with E-state index in [1.807, 2.05) is 0 Å². The van der Waals surface area contributed by atoms with E-state index in [0.29, 0.717) is 6.04 Å². The molecule has 0 aliphatic heterocycles. The predicted octanol–water partition coefficient (Wildman–Crippen LogP) is 9.36. The van der Waals surface area contributed by atoms with Crippen LogP contribution in [-0.2, 0) is 0 Å². The van der Waals surface area contributed by atoms with Gasteiger partial charge in [-0.1, -0.05) is 123 Å². The highest BCUT2D eigenvalue weighted by Crippen LogP contribution is 2.19. The quantitative estimate of drug-likeness (QED) is 0.142. The summed E-state index contributed by atoms with van der Waals surface area (Å²) in [6, 6.07) is 7.24. The van der Waals surface area contributed by atoms with Crippen LogP contribution in [0.25, 0.3) is 0 Å². The van der Waals surface area contributed by atoms with Gasteiger partial charge in [-0.15, -0.1) is 0 Å². The average Bonchev–Trinajstić information content (AvgIpc) is 2.76. The second-order valence-corrected chi connectivity index (χ2v) is 9.21. The first-order valence-corrected chi connectivity index (χ1v) is 13.3. The highest BCUT2D eigenvalue weighted by molar-refractivity contribution is 4.84. The minimum Gasteiger partial charge on any atom is -0.202 e. The molecule has 0 aliphatic rings. The summed E-state index contributed by atoms with van der Waals surface area (Å²) in [5.74, 6) is 0. The number of hydrogen-bond acceptors (Lipinski definition) is 0. The molecule has 1 rings (SSSR count). The SMILES string of the molecule is CCCCCCCCCCCCCCC(CCCCCCCC)[n+]1ccccc1. The summed E-state index contributed by atoms with van der Waals surface area (Å²) < 4.78 is 2.48. The van der Waals surface area contributed by atoms with Crippen molar-refractivity contribution in [1.82, 2.24) is 0 Å². The molecule has 1 heterocycles. The van der Waals surface area contributed by atoms with Gasteiger partial charge in [0.2, 0.25) is 0 Å². The second-order valence-electron chi connectivity index (χ2n) is 9.21. The maximum Gasteiger partial charge on any atom is 0.169 e. The predicted molar refractivity (Wildman–Crippen MR) is 129 cm³/mol. The summed E-state index contributed by atoms with van der Waals surface area (Å²) in [6.45, 7) is 4.60. The van der Waals surface area contributed by atoms with Crippen LogP contribution in [0.15, 0.2) is 30.6 Å². The van der Waals surface area contributed by atoms with Gasteiger partial charge >= 0.3 is 0 Å². The standard InChI is InChI=1S/C28H52N/c1-3-5-7-9-11-12-13-14-15-16-18-21-25-28(29-26-22-19-23-27-29)24-20-17-10-8-6-4-2/h19,22-23,26-28H,3-18,20-21,24-25H2,1-2H3/q+1. The second kappa shape index (κ2) is 20.4. The Labute approximate surface area is 183 Å². The van der Waals surface area contributed by atoms with Crippen molar-refractivity contribution in [2.24, 2.45) is 0 Å². The van der Waals surface area contributed by atoms with E-state index in [9.17, 15) is 0 Å². The van der Waals surface area contributed by atoms with Gasteiger partial charge in [0.05, 0.1) is 0 Å². The van der Waals surface area contributed by atoms with E-state index in [1.165, 1.54) is 128 Å². The molecule has 0 bridgehead atoms. The van der Waals surface area contributed by atoms with Crippen LogP contribution in [0, 0.1) is 0 Å². The molecule has 0 spiro atoms. The van der Waals surface area contributed by atoms with Crippen molar-refractivity contribution in [1.29, 1.82) is 0 Å². The Morgan fingerprint density at radius 1 is 0.448 bits per heavy atom. The number of pyridine rings is 1. The Bertz CT molecular complexity index is 427. The summed E-state index contributed by atoms with van der Waals surface area (Å²) in [4.78, 5) is 0. The molecule has 0 amide bonds. The molecule has 1 aromatic heterocycles. The van der Waals surface area contributed by atoms with E-state index in [-0.39, 0.29) is 0 Å². The fourth-order valence-electron chi connectivity index (χ4n) is 4.48. The van der Waals surface area contributed by atoms with Crippen LogP contribution < -0.4 is 4.57 Å². The van der Waals surface area contributed by atoms with Gasteiger partial charge in [0, 0.05) is 25.0 Å². The highest BCUT2D eigenvalue weighted by atomic mass is 15.0. The van der Waals surface area contributed by atoms with Crippen molar-refractivity contribution in [2.75, 3.05) is 0 Å². The van der Waals surface area contributed by atoms with Crippen molar-refractivity contribution in [3.63, 3.8) is 0 Å². The molecule has 0 aliphatic carbocycles. The lowest BCUT2D eigenvalue weighted by atomic mass is 9.99. The topological polar surface area (TPSA) is 3.88 Å². The zero-order valence-corrected chi connectivity index (χ0v) is 20.1. The van der Waals surface area contributed by atoms with Gasteiger partial charge in [0.1, 0.15) is 0 Å². The third kappa shape index (κ3) is 15.6. The van der Waals surface area contributed by atoms with E-state index in [0.717, 1.165) is 0 Å². The molecule has 1 unspecified atom stereocenters. The maximum absolute atomic E-state index is 2.48. The zero-order chi connectivity index (χ0) is 20.8. The van der Waals surface area contributed by atoms with Crippen molar-refractivity contribution >= 4 is 0 Å². The Morgan fingerprint density at radius 2 is 0.793 bits per heavy atom. The van der Waals surface area contributed by atoms with Crippen LogP contribution in [0.3, 0.4) is 0 Å². The molecule has 0 saturated heterocycles. The third-order valence-corrected chi connectivity index (χ3v) is 6.44. The van der Waals surface area contributed by atoms with E-state index in [2.05, 4.69) is 49.0 Å². The van der Waals surface area contributed by atoms with Crippen LogP contribution in [0.1, 0.15) is 148 Å². The van der Waals surface area contributed by atoms with Crippen molar-refractivity contribution < 1.29 is 4.57 Å². The Morgan fingerprint density at radius 3 is 1.17 bits per heavy atom. The largest absolute Gasteiger partial charge is 0.202 e. The van der Waals surface area contributed by atoms with E-state index >= 15 is 0 Å². The molecular formula is C28H52N+. The minimum absolute atomic E-state index is 0.713. The molecule has 0 saturated carbocycles. The molecule has 0 N–H and O–H groups in total. The molecule has 168 valence electrons. The lowest BCUT2D eigenvalue weighted by Crippen LogP contribution is -2.38. The monoisotopic (exact) mass is 402 g/mol. The molecule has 1 atom stereocenters. The highest BCUT2D eigenvalue weighted by Gasteiger charge is 2.16. The van der Waals surface area contributed by atoms with Gasteiger partial charge in [0.25, 0.3) is 0 Å². The van der Waals surface area contributed by atoms with Crippen LogP contribution >= 0.6 is 0 Å². The van der Waals surface area contributed by atoms with Crippen molar-refractivity contribution in [3.8, 4) is 0 Å². The summed E-state index contributed by atoms with van der Waals surface area (Å²) in [5.41, 5.74) is 0. The van der Waals surface area contributed by atoms with Gasteiger partial charge in [-0.25, -0.2) is 4.57 Å². The minimum atomic E-state index is 0.713. The normalized spacial score (nSPS) is 12.3. The fraction of sp³-hybridized carbons (Fsp3) is 0.821. The van der Waals surface area contributed by atoms with Crippen LogP contribution in [0.4, 0.5) is 0 Å². The molecule has 1 aromatic rings. The number of unbranched alkanes of at least 4 members (excludes halogenated alkanes) is 16. The molecule has 0 radical (unpaired) electrons. The Hall–Kier alpha value is -0.850. The first-order chi connectivity index (χ1) is 14.4. The molecule has 1 nitrogen and oxygen atoms in total. The maximum atomic E-state index is 2.48. The molecule has 29 heavy (non-hydrogen) atoms. The average molecular weight is 403 g/mol. The van der Waals surface area contributed by atoms with E-state index < -0.39 is 0 Å². The molecular weight excluding hydrogens is 350 g/mol. The number of hydrogen-bond donors (Lipinski definition) is 0. The molecule has 1 heteroatoms. The number of nitrogens with zero attached hydrogens (tertiary/aromatic N) is 1. The van der Waals surface area contributed by atoms with Gasteiger partial charge in [0.15, 0.2) is 18.4 Å². The lowest BCUT2D eigenvalue weighted by molar-refractivity contribution is -0.724. The van der Waals surface area contributed by atoms with Crippen LogP contribution in [-0.4, -0.2) is 0 Å². The number of aromatic nitrogens is 1. The Balaban J connectivity index is 2.08. The van der Waals surface area contributed by atoms with E-state index in [4.69, 9.17) is 0 Å². The van der Waals surface area contributed by atoms with E-state index in [1.54, 1.807) is 0 Å². The smallest absolute Gasteiger partial charge is 0.169 e. The molecule has 0 aromatic carbocycles. The van der Waals surface area contributed by atoms with Crippen LogP contribution in [0.2, 0.25) is 0 Å². The summed E-state index contributed by atoms with van der Waals surface area (Å²) in [6.07, 6.45) is 33.0. The number of rotatable bonds is 21.